The van der Waals surface area contributed by atoms with Crippen molar-refractivity contribution in [2.75, 3.05) is 98.5 Å². The number of azide groups is 3. The predicted octanol–water partition coefficient (Wildman–Crippen LogP) is 4.97. The first-order valence-corrected chi connectivity index (χ1v) is 29.9. The molecule has 0 aromatic rings. The zero-order valence-electron chi connectivity index (χ0n) is 53.7. The SMILES string of the molecule is CC(C)(CN=[N+]=[N-])COCC(C)(C)CC(=O)NCCCC[C@@H]1NC(=O)CNC(=O)[C@H](CCCCNC(=O)CC(C)(C)COCC(C)(C)CN=[N+]=[N-])NC(=O)CNC(=O)[C@H](CCCCNC(=O)CC(C)(C)COCC(C)(C)CN=[N+]=[N-])NC(=O)CNC1=O. The highest BCUT2D eigenvalue weighted by molar-refractivity contribution is 5.96. The van der Waals surface area contributed by atoms with Crippen LogP contribution in [0.25, 0.3) is 31.3 Å². The molecule has 1 saturated heterocycles. The molecular weight excluding hydrogens is 1130 g/mol. The third kappa shape index (κ3) is 38.7. The second-order valence-electron chi connectivity index (χ2n) is 27.2. The summed E-state index contributed by atoms with van der Waals surface area (Å²) >= 11 is 0. The van der Waals surface area contributed by atoms with E-state index in [1.165, 1.54) is 0 Å². The molecule has 9 N–H and O–H groups in total. The number of carbonyl (C=O) groups is 9. The van der Waals surface area contributed by atoms with Gasteiger partial charge in [0.1, 0.15) is 18.1 Å². The molecule has 0 radical (unpaired) electrons. The van der Waals surface area contributed by atoms with Crippen LogP contribution in [0.1, 0.15) is 160 Å². The number of amides is 9. The van der Waals surface area contributed by atoms with Gasteiger partial charge in [-0.25, -0.2) is 0 Å². The summed E-state index contributed by atoms with van der Waals surface area (Å²) in [5.74, 6) is -5.07. The Kier molecular flexibility index (Phi) is 35.7. The molecule has 9 amide bonds. The third-order valence-electron chi connectivity index (χ3n) is 13.5. The molecule has 0 unspecified atom stereocenters. The zero-order valence-corrected chi connectivity index (χ0v) is 53.7. The van der Waals surface area contributed by atoms with Crippen molar-refractivity contribution in [2.45, 2.75) is 178 Å². The summed E-state index contributed by atoms with van der Waals surface area (Å²) in [6.45, 7) is 24.4. The van der Waals surface area contributed by atoms with Gasteiger partial charge in [0.2, 0.25) is 53.2 Å². The van der Waals surface area contributed by atoms with Crippen molar-refractivity contribution < 1.29 is 57.4 Å². The van der Waals surface area contributed by atoms with E-state index in [0.29, 0.717) is 58.3 Å². The Labute approximate surface area is 512 Å². The Morgan fingerprint density at radius 1 is 0.414 bits per heavy atom. The fourth-order valence-corrected chi connectivity index (χ4v) is 8.78. The summed E-state index contributed by atoms with van der Waals surface area (Å²) in [7, 11) is 0. The van der Waals surface area contributed by atoms with Gasteiger partial charge in [-0.3, -0.25) is 43.2 Å². The lowest BCUT2D eigenvalue weighted by molar-refractivity contribution is -0.133. The van der Waals surface area contributed by atoms with E-state index in [9.17, 15) is 43.2 Å². The number of hydrogen-bond donors (Lipinski definition) is 9. The van der Waals surface area contributed by atoms with Crippen molar-refractivity contribution in [1.29, 1.82) is 0 Å². The highest BCUT2D eigenvalue weighted by Gasteiger charge is 2.30. The maximum absolute atomic E-state index is 13.7. The zero-order chi connectivity index (χ0) is 65.7. The van der Waals surface area contributed by atoms with Gasteiger partial charge in [0.15, 0.2) is 0 Å². The Morgan fingerprint density at radius 3 is 0.874 bits per heavy atom. The fourth-order valence-electron chi connectivity index (χ4n) is 8.78. The van der Waals surface area contributed by atoms with Gasteiger partial charge in [-0.05, 0) is 107 Å². The van der Waals surface area contributed by atoms with Crippen LogP contribution in [0.3, 0.4) is 0 Å². The van der Waals surface area contributed by atoms with Gasteiger partial charge in [-0.15, -0.1) is 0 Å². The summed E-state index contributed by atoms with van der Waals surface area (Å²) in [6.07, 6.45) is 2.87. The van der Waals surface area contributed by atoms with Crippen molar-refractivity contribution in [2.24, 2.45) is 47.8 Å². The van der Waals surface area contributed by atoms with Crippen molar-refractivity contribution in [3.05, 3.63) is 31.3 Å². The molecule has 0 aromatic heterocycles. The highest BCUT2D eigenvalue weighted by Crippen LogP contribution is 2.26. The molecule has 0 spiro atoms. The number of carbonyl (C=O) groups excluding carboxylic acids is 9. The van der Waals surface area contributed by atoms with E-state index < -0.39 is 89.4 Å². The van der Waals surface area contributed by atoms with Crippen LogP contribution >= 0.6 is 0 Å². The first-order chi connectivity index (χ1) is 40.6. The lowest BCUT2D eigenvalue weighted by Gasteiger charge is -2.28. The summed E-state index contributed by atoms with van der Waals surface area (Å²) < 4.78 is 17.6. The Morgan fingerprint density at radius 2 is 0.644 bits per heavy atom. The molecule has 0 saturated carbocycles. The number of hydrogen-bond acceptors (Lipinski definition) is 15. The van der Waals surface area contributed by atoms with Crippen LogP contribution in [-0.4, -0.2) is 170 Å². The highest BCUT2D eigenvalue weighted by atomic mass is 16.5. The average molecular weight is 1230 g/mol. The second-order valence-corrected chi connectivity index (χ2v) is 27.2. The Hall–Kier alpha value is -6.96. The van der Waals surface area contributed by atoms with Crippen molar-refractivity contribution in [3.8, 4) is 0 Å². The minimum atomic E-state index is -1.20. The van der Waals surface area contributed by atoms with Crippen LogP contribution in [-0.2, 0) is 57.4 Å². The molecule has 1 fully saturated rings. The average Bonchev–Trinajstić information content (AvgIpc) is 3.53. The molecule has 1 heterocycles. The maximum Gasteiger partial charge on any atom is 0.243 e. The molecule has 30 nitrogen and oxygen atoms in total. The molecule has 0 aliphatic carbocycles. The van der Waals surface area contributed by atoms with Crippen LogP contribution < -0.4 is 47.9 Å². The van der Waals surface area contributed by atoms with Gasteiger partial charge in [0.25, 0.3) is 0 Å². The molecule has 30 heteroatoms. The smallest absolute Gasteiger partial charge is 0.243 e. The summed E-state index contributed by atoms with van der Waals surface area (Å²) in [4.78, 5) is 129. The largest absolute Gasteiger partial charge is 0.380 e. The standard InChI is InChI=1S/C57H102N18O12/c1-52(2,34-85-37-55(7,8)31-67-73-58)25-43(76)61-22-16-13-19-40-49(82)64-29-47(80)71-42(21-15-18-24-63-45(78)27-54(5,6)36-87-39-57(11,12)33-69-75-60)51(84)66-30-48(81)72-41(50(83)65-28-46(79)70-40)20-14-17-23-62-44(77)26-53(3,4)35-86-38-56(9,10)32-68-74-59/h40-42H,13-39H2,1-12H3,(H,61,76)(H,62,77)(H,63,78)(H,64,82)(H,65,83)(H,66,84)(H,70,79)(H,71,80)(H,72,81)/t40-,41-,42-/m0/s1. The van der Waals surface area contributed by atoms with Crippen LogP contribution in [0, 0.1) is 32.5 Å². The Bertz CT molecular complexity index is 2140. The van der Waals surface area contributed by atoms with E-state index in [4.69, 9.17) is 30.8 Å². The van der Waals surface area contributed by atoms with E-state index >= 15 is 0 Å². The maximum atomic E-state index is 13.7. The van der Waals surface area contributed by atoms with Crippen LogP contribution in [0.4, 0.5) is 0 Å². The lowest BCUT2D eigenvalue weighted by Crippen LogP contribution is -2.56. The van der Waals surface area contributed by atoms with Gasteiger partial charge in [0.05, 0.1) is 59.3 Å². The quantitative estimate of drug-likeness (QED) is 0.0171. The number of nitrogens with zero attached hydrogens (tertiary/aromatic N) is 9. The lowest BCUT2D eigenvalue weighted by atomic mass is 9.89. The number of ether oxygens (including phenoxy) is 3. The summed E-state index contributed by atoms with van der Waals surface area (Å²) in [5.41, 5.74) is 23.3. The number of rotatable bonds is 39. The summed E-state index contributed by atoms with van der Waals surface area (Å²) in [6, 6.07) is -3.59. The molecule has 1 aliphatic heterocycles. The molecule has 87 heavy (non-hydrogen) atoms. The summed E-state index contributed by atoms with van der Waals surface area (Å²) in [5, 5.41) is 34.9. The molecule has 3 atom stereocenters. The van der Waals surface area contributed by atoms with E-state index in [1.54, 1.807) is 0 Å². The van der Waals surface area contributed by atoms with Crippen molar-refractivity contribution >= 4 is 53.2 Å². The minimum absolute atomic E-state index is 0.0677. The van der Waals surface area contributed by atoms with Crippen LogP contribution in [0.5, 0.6) is 0 Å². The van der Waals surface area contributed by atoms with Crippen molar-refractivity contribution in [3.63, 3.8) is 0 Å². The van der Waals surface area contributed by atoms with Gasteiger partial charge in [0, 0.05) is 73.3 Å². The van der Waals surface area contributed by atoms with Gasteiger partial charge in [-0.1, -0.05) is 98.4 Å². The molecular formula is C57H102N18O12. The van der Waals surface area contributed by atoms with Gasteiger partial charge in [-0.2, -0.15) is 0 Å². The third-order valence-corrected chi connectivity index (χ3v) is 13.5. The Balaban J connectivity index is 3.14. The van der Waals surface area contributed by atoms with Gasteiger partial charge < -0.3 is 62.1 Å². The number of unbranched alkanes of at least 4 members (excludes halogenated alkanes) is 3. The molecule has 0 bridgehead atoms. The molecule has 1 aliphatic rings. The molecule has 0 aromatic carbocycles. The molecule has 1 rings (SSSR count). The monoisotopic (exact) mass is 1230 g/mol. The first kappa shape index (κ1) is 78.1. The van der Waals surface area contributed by atoms with Crippen LogP contribution in [0.2, 0.25) is 0 Å². The van der Waals surface area contributed by atoms with E-state index in [1.807, 2.05) is 83.1 Å². The van der Waals surface area contributed by atoms with E-state index in [-0.39, 0.29) is 132 Å². The topological polar surface area (TPSA) is 436 Å². The van der Waals surface area contributed by atoms with E-state index in [2.05, 4.69) is 77.9 Å². The van der Waals surface area contributed by atoms with E-state index in [0.717, 1.165) is 0 Å². The van der Waals surface area contributed by atoms with Gasteiger partial charge >= 0.3 is 0 Å². The number of nitrogens with one attached hydrogen (secondary N) is 9. The molecule has 492 valence electrons. The fraction of sp³-hybridized carbons (Fsp3) is 0.842. The minimum Gasteiger partial charge on any atom is -0.380 e. The second kappa shape index (κ2) is 39.8. The predicted molar refractivity (Wildman–Crippen MR) is 326 cm³/mol. The normalized spacial score (nSPS) is 17.2. The van der Waals surface area contributed by atoms with Crippen LogP contribution in [0.15, 0.2) is 15.3 Å². The first-order valence-electron chi connectivity index (χ1n) is 29.9. The van der Waals surface area contributed by atoms with Crippen molar-refractivity contribution in [1.82, 2.24) is 47.9 Å².